The number of aryl methyl sites for hydroxylation is 2. The Morgan fingerprint density at radius 2 is 1.56 bits per heavy atom. The molecule has 5 heteroatoms. The van der Waals surface area contributed by atoms with Gasteiger partial charge in [-0.3, -0.25) is 4.79 Å². The highest BCUT2D eigenvalue weighted by Gasteiger charge is 2.18. The second kappa shape index (κ2) is 8.71. The standard InChI is InChI=1S/C22H27N3O2/c1-15-12-16(2)14-18(13-15)23-21(26)19-10-6-7-11-20(19)25-22(27)24-17-8-4-3-5-9-17/h6-7,10-14,17H,3-5,8-9H2,1-2H3,(H,23,26)(H2,24,25,27). The molecule has 0 atom stereocenters. The molecule has 0 radical (unpaired) electrons. The average Bonchev–Trinajstić information content (AvgIpc) is 2.62. The molecular formula is C22H27N3O2. The van der Waals surface area contributed by atoms with Gasteiger partial charge in [-0.25, -0.2) is 4.79 Å². The summed E-state index contributed by atoms with van der Waals surface area (Å²) in [5, 5.41) is 8.78. The van der Waals surface area contributed by atoms with Crippen LogP contribution in [0.25, 0.3) is 0 Å². The number of carbonyl (C=O) groups excluding carboxylic acids is 2. The summed E-state index contributed by atoms with van der Waals surface area (Å²) in [6.45, 7) is 3.99. The van der Waals surface area contributed by atoms with E-state index in [9.17, 15) is 9.59 Å². The van der Waals surface area contributed by atoms with E-state index in [2.05, 4.69) is 22.0 Å². The van der Waals surface area contributed by atoms with Gasteiger partial charge in [-0.15, -0.1) is 0 Å². The molecule has 1 saturated carbocycles. The number of nitrogens with one attached hydrogen (secondary N) is 3. The highest BCUT2D eigenvalue weighted by atomic mass is 16.2. The van der Waals surface area contributed by atoms with Crippen LogP contribution in [0.1, 0.15) is 53.6 Å². The van der Waals surface area contributed by atoms with Gasteiger partial charge in [0.2, 0.25) is 0 Å². The first-order valence-electron chi connectivity index (χ1n) is 9.57. The van der Waals surface area contributed by atoms with Crippen molar-refractivity contribution in [2.45, 2.75) is 52.0 Å². The molecule has 0 bridgehead atoms. The van der Waals surface area contributed by atoms with Gasteiger partial charge in [0.15, 0.2) is 0 Å². The maximum Gasteiger partial charge on any atom is 0.319 e. The summed E-state index contributed by atoms with van der Waals surface area (Å²) in [7, 11) is 0. The third-order valence-electron chi connectivity index (χ3n) is 4.84. The number of benzene rings is 2. The Morgan fingerprint density at radius 3 is 2.26 bits per heavy atom. The first-order valence-corrected chi connectivity index (χ1v) is 9.57. The molecule has 0 aliphatic heterocycles. The first-order chi connectivity index (χ1) is 13.0. The van der Waals surface area contributed by atoms with Crippen molar-refractivity contribution in [2.75, 3.05) is 10.6 Å². The largest absolute Gasteiger partial charge is 0.335 e. The Balaban J connectivity index is 1.69. The van der Waals surface area contributed by atoms with Gasteiger partial charge in [0, 0.05) is 11.7 Å². The van der Waals surface area contributed by atoms with Crippen LogP contribution in [0.15, 0.2) is 42.5 Å². The predicted octanol–water partition coefficient (Wildman–Crippen LogP) is 5.01. The Labute approximate surface area is 160 Å². The molecule has 2 aromatic rings. The minimum absolute atomic E-state index is 0.218. The number of para-hydroxylation sites is 1. The fourth-order valence-corrected chi connectivity index (χ4v) is 3.63. The van der Waals surface area contributed by atoms with Crippen LogP contribution in [0.2, 0.25) is 0 Å². The lowest BCUT2D eigenvalue weighted by Gasteiger charge is -2.23. The number of rotatable bonds is 4. The summed E-state index contributed by atoms with van der Waals surface area (Å²) >= 11 is 0. The van der Waals surface area contributed by atoms with Crippen LogP contribution in [0, 0.1) is 13.8 Å². The van der Waals surface area contributed by atoms with E-state index in [1.165, 1.54) is 6.42 Å². The monoisotopic (exact) mass is 365 g/mol. The highest BCUT2D eigenvalue weighted by Crippen LogP contribution is 2.20. The highest BCUT2D eigenvalue weighted by molar-refractivity contribution is 6.10. The van der Waals surface area contributed by atoms with Crippen LogP contribution in [0.4, 0.5) is 16.2 Å². The van der Waals surface area contributed by atoms with Gasteiger partial charge in [-0.05, 0) is 62.1 Å². The molecule has 1 fully saturated rings. The molecule has 0 unspecified atom stereocenters. The van der Waals surface area contributed by atoms with Crippen LogP contribution in [0.5, 0.6) is 0 Å². The van der Waals surface area contributed by atoms with Crippen molar-refractivity contribution in [3.8, 4) is 0 Å². The predicted molar refractivity (Wildman–Crippen MR) is 109 cm³/mol. The summed E-state index contributed by atoms with van der Waals surface area (Å²) in [5.74, 6) is -0.242. The third-order valence-corrected chi connectivity index (χ3v) is 4.84. The summed E-state index contributed by atoms with van der Waals surface area (Å²) < 4.78 is 0. The van der Waals surface area contributed by atoms with E-state index in [0.717, 1.165) is 42.5 Å². The van der Waals surface area contributed by atoms with E-state index < -0.39 is 0 Å². The van der Waals surface area contributed by atoms with Crippen LogP contribution < -0.4 is 16.0 Å². The van der Waals surface area contributed by atoms with E-state index in [1.807, 2.05) is 32.0 Å². The molecule has 0 spiro atoms. The maximum absolute atomic E-state index is 12.7. The van der Waals surface area contributed by atoms with Crippen molar-refractivity contribution in [3.63, 3.8) is 0 Å². The molecule has 142 valence electrons. The quantitative estimate of drug-likeness (QED) is 0.713. The van der Waals surface area contributed by atoms with E-state index in [-0.39, 0.29) is 18.0 Å². The fourth-order valence-electron chi connectivity index (χ4n) is 3.63. The molecule has 1 aliphatic rings. The smallest absolute Gasteiger partial charge is 0.319 e. The molecule has 27 heavy (non-hydrogen) atoms. The van der Waals surface area contributed by atoms with E-state index in [0.29, 0.717) is 11.3 Å². The van der Waals surface area contributed by atoms with Crippen molar-refractivity contribution in [2.24, 2.45) is 0 Å². The number of anilines is 2. The molecule has 1 aliphatic carbocycles. The van der Waals surface area contributed by atoms with Crippen LogP contribution in [-0.2, 0) is 0 Å². The Bertz CT molecular complexity index is 806. The molecular weight excluding hydrogens is 338 g/mol. The number of hydrogen-bond acceptors (Lipinski definition) is 2. The normalized spacial score (nSPS) is 14.4. The first kappa shape index (κ1) is 19.0. The number of urea groups is 1. The van der Waals surface area contributed by atoms with Gasteiger partial charge >= 0.3 is 6.03 Å². The SMILES string of the molecule is Cc1cc(C)cc(NC(=O)c2ccccc2NC(=O)NC2CCCCC2)c1. The van der Waals surface area contributed by atoms with Crippen LogP contribution in [0.3, 0.4) is 0 Å². The Hall–Kier alpha value is -2.82. The number of carbonyl (C=O) groups is 2. The zero-order chi connectivity index (χ0) is 19.2. The lowest BCUT2D eigenvalue weighted by molar-refractivity contribution is 0.102. The van der Waals surface area contributed by atoms with Gasteiger partial charge in [-0.2, -0.15) is 0 Å². The second-order valence-corrected chi connectivity index (χ2v) is 7.31. The maximum atomic E-state index is 12.7. The zero-order valence-corrected chi connectivity index (χ0v) is 16.0. The zero-order valence-electron chi connectivity index (χ0n) is 16.0. The van der Waals surface area contributed by atoms with Crippen molar-refractivity contribution >= 4 is 23.3 Å². The van der Waals surface area contributed by atoms with Crippen LogP contribution >= 0.6 is 0 Å². The van der Waals surface area contributed by atoms with E-state index in [1.54, 1.807) is 18.2 Å². The third kappa shape index (κ3) is 5.33. The lowest BCUT2D eigenvalue weighted by Crippen LogP contribution is -2.39. The minimum Gasteiger partial charge on any atom is -0.335 e. The summed E-state index contributed by atoms with van der Waals surface area (Å²) in [6, 6.07) is 12.9. The Kier molecular flexibility index (Phi) is 6.12. The van der Waals surface area contributed by atoms with Crippen LogP contribution in [-0.4, -0.2) is 18.0 Å². The summed E-state index contributed by atoms with van der Waals surface area (Å²) in [6.07, 6.45) is 5.57. The molecule has 3 N–H and O–H groups in total. The Morgan fingerprint density at radius 1 is 0.889 bits per heavy atom. The topological polar surface area (TPSA) is 70.2 Å². The minimum atomic E-state index is -0.256. The lowest BCUT2D eigenvalue weighted by atomic mass is 9.96. The molecule has 5 nitrogen and oxygen atoms in total. The van der Waals surface area contributed by atoms with Crippen molar-refractivity contribution < 1.29 is 9.59 Å². The summed E-state index contributed by atoms with van der Waals surface area (Å²) in [4.78, 5) is 25.1. The molecule has 3 amide bonds. The van der Waals surface area contributed by atoms with Gasteiger partial charge in [0.25, 0.3) is 5.91 Å². The van der Waals surface area contributed by atoms with Gasteiger partial charge < -0.3 is 16.0 Å². The van der Waals surface area contributed by atoms with Gasteiger partial charge in [0.05, 0.1) is 11.3 Å². The van der Waals surface area contributed by atoms with Crippen molar-refractivity contribution in [1.29, 1.82) is 0 Å². The van der Waals surface area contributed by atoms with E-state index >= 15 is 0 Å². The second-order valence-electron chi connectivity index (χ2n) is 7.31. The molecule has 3 rings (SSSR count). The van der Waals surface area contributed by atoms with Gasteiger partial charge in [-0.1, -0.05) is 37.5 Å². The summed E-state index contributed by atoms with van der Waals surface area (Å²) in [5.41, 5.74) is 3.87. The molecule has 0 heterocycles. The van der Waals surface area contributed by atoms with Crippen molar-refractivity contribution in [1.82, 2.24) is 5.32 Å². The van der Waals surface area contributed by atoms with E-state index in [4.69, 9.17) is 0 Å². The average molecular weight is 365 g/mol. The number of amides is 3. The molecule has 0 saturated heterocycles. The molecule has 0 aromatic heterocycles. The molecule has 2 aromatic carbocycles. The fraction of sp³-hybridized carbons (Fsp3) is 0.364. The van der Waals surface area contributed by atoms with Crippen molar-refractivity contribution in [3.05, 3.63) is 59.2 Å². The number of hydrogen-bond donors (Lipinski definition) is 3. The van der Waals surface area contributed by atoms with Gasteiger partial charge in [0.1, 0.15) is 0 Å².